The van der Waals surface area contributed by atoms with E-state index in [1.165, 1.54) is 0 Å². The van der Waals surface area contributed by atoms with Crippen LogP contribution in [0.15, 0.2) is 30.5 Å². The molecule has 0 spiro atoms. The molecule has 0 bridgehead atoms. The number of alkyl carbamates (subject to hydrolysis) is 1. The third-order valence-electron chi connectivity index (χ3n) is 5.79. The van der Waals surface area contributed by atoms with Gasteiger partial charge in [0.25, 0.3) is 0 Å². The zero-order valence-corrected chi connectivity index (χ0v) is 20.4. The van der Waals surface area contributed by atoms with E-state index >= 15 is 0 Å². The molecule has 1 saturated carbocycles. The minimum atomic E-state index is -0.494. The highest BCUT2D eigenvalue weighted by Crippen LogP contribution is 2.39. The molecule has 180 valence electrons. The molecule has 1 aromatic carbocycles. The molecule has 4 rings (SSSR count). The van der Waals surface area contributed by atoms with Crippen molar-refractivity contribution in [2.45, 2.75) is 64.5 Å². The minimum absolute atomic E-state index is 0.127. The van der Waals surface area contributed by atoms with Crippen molar-refractivity contribution in [3.05, 3.63) is 46.7 Å². The van der Waals surface area contributed by atoms with E-state index < -0.39 is 5.91 Å². The summed E-state index contributed by atoms with van der Waals surface area (Å²) in [4.78, 5) is 29.6. The second kappa shape index (κ2) is 10.3. The van der Waals surface area contributed by atoms with Gasteiger partial charge < -0.3 is 21.1 Å². The van der Waals surface area contributed by atoms with E-state index in [0.29, 0.717) is 17.3 Å². The SMILES string of the molecule is Cc1cc(Nc2ccc(-c3cnc(C4CCC(NC(=O)OC(C)C)CC4)s3)c(C(N)=O)c2)n[nH]1. The average molecular weight is 483 g/mol. The lowest BCUT2D eigenvalue weighted by Crippen LogP contribution is -2.38. The lowest BCUT2D eigenvalue weighted by Gasteiger charge is -2.28. The first kappa shape index (κ1) is 23.7. The number of aromatic nitrogens is 3. The average Bonchev–Trinajstić information content (AvgIpc) is 3.43. The molecule has 3 aromatic rings. The number of nitrogens with zero attached hydrogens (tertiary/aromatic N) is 2. The van der Waals surface area contributed by atoms with Gasteiger partial charge in [-0.05, 0) is 58.6 Å². The number of hydrogen-bond acceptors (Lipinski definition) is 7. The van der Waals surface area contributed by atoms with Gasteiger partial charge in [-0.2, -0.15) is 5.10 Å². The number of carbonyl (C=O) groups excluding carboxylic acids is 2. The zero-order valence-electron chi connectivity index (χ0n) is 19.6. The Kier molecular flexibility index (Phi) is 7.16. The largest absolute Gasteiger partial charge is 0.447 e. The van der Waals surface area contributed by atoms with E-state index in [2.05, 4.69) is 25.8 Å². The summed E-state index contributed by atoms with van der Waals surface area (Å²) < 4.78 is 5.18. The van der Waals surface area contributed by atoms with Gasteiger partial charge in [0.05, 0.1) is 16.0 Å². The Morgan fingerprint density at radius 3 is 2.62 bits per heavy atom. The predicted molar refractivity (Wildman–Crippen MR) is 132 cm³/mol. The summed E-state index contributed by atoms with van der Waals surface area (Å²) in [6, 6.07) is 7.54. The molecule has 1 aliphatic carbocycles. The fourth-order valence-electron chi connectivity index (χ4n) is 4.17. The number of amides is 2. The van der Waals surface area contributed by atoms with Crippen LogP contribution in [-0.2, 0) is 4.74 Å². The van der Waals surface area contributed by atoms with E-state index in [1.54, 1.807) is 17.4 Å². The molecule has 0 unspecified atom stereocenters. The summed E-state index contributed by atoms with van der Waals surface area (Å²) in [5.74, 6) is 0.508. The Bertz CT molecular complexity index is 1160. The topological polar surface area (TPSA) is 135 Å². The highest BCUT2D eigenvalue weighted by molar-refractivity contribution is 7.15. The first-order valence-corrected chi connectivity index (χ1v) is 12.3. The van der Waals surface area contributed by atoms with Crippen LogP contribution in [0.25, 0.3) is 10.4 Å². The Labute approximate surface area is 202 Å². The van der Waals surface area contributed by atoms with Crippen LogP contribution in [0.2, 0.25) is 0 Å². The van der Waals surface area contributed by atoms with Crippen molar-refractivity contribution in [3.63, 3.8) is 0 Å². The van der Waals surface area contributed by atoms with Gasteiger partial charge in [0.1, 0.15) is 0 Å². The summed E-state index contributed by atoms with van der Waals surface area (Å²) >= 11 is 1.59. The summed E-state index contributed by atoms with van der Waals surface area (Å²) in [6.07, 6.45) is 4.97. The third kappa shape index (κ3) is 5.74. The van der Waals surface area contributed by atoms with Crippen LogP contribution in [-0.4, -0.2) is 39.3 Å². The van der Waals surface area contributed by atoms with Gasteiger partial charge in [0.15, 0.2) is 5.82 Å². The van der Waals surface area contributed by atoms with Crippen LogP contribution < -0.4 is 16.4 Å². The van der Waals surface area contributed by atoms with Crippen molar-refractivity contribution in [1.82, 2.24) is 20.5 Å². The van der Waals surface area contributed by atoms with Crippen molar-refractivity contribution in [1.29, 1.82) is 0 Å². The lowest BCUT2D eigenvalue weighted by molar-refractivity contribution is 0.1000. The molecule has 1 aliphatic rings. The van der Waals surface area contributed by atoms with Crippen LogP contribution in [0.5, 0.6) is 0 Å². The second-order valence-corrected chi connectivity index (χ2v) is 9.96. The van der Waals surface area contributed by atoms with Crippen LogP contribution in [0.3, 0.4) is 0 Å². The highest BCUT2D eigenvalue weighted by atomic mass is 32.1. The molecule has 5 N–H and O–H groups in total. The van der Waals surface area contributed by atoms with Gasteiger partial charge >= 0.3 is 6.09 Å². The van der Waals surface area contributed by atoms with Crippen molar-refractivity contribution in [3.8, 4) is 10.4 Å². The van der Waals surface area contributed by atoms with Gasteiger partial charge in [-0.3, -0.25) is 9.89 Å². The number of rotatable bonds is 7. The quantitative estimate of drug-likeness (QED) is 0.380. The molecular formula is C24H30N6O3S. The van der Waals surface area contributed by atoms with E-state index in [4.69, 9.17) is 10.5 Å². The molecule has 2 amide bonds. The number of nitrogens with one attached hydrogen (secondary N) is 3. The van der Waals surface area contributed by atoms with Crippen molar-refractivity contribution >= 4 is 34.8 Å². The number of thiazole rings is 1. The van der Waals surface area contributed by atoms with E-state index in [9.17, 15) is 9.59 Å². The van der Waals surface area contributed by atoms with E-state index in [-0.39, 0.29) is 18.2 Å². The highest BCUT2D eigenvalue weighted by Gasteiger charge is 2.26. The fourth-order valence-corrected chi connectivity index (χ4v) is 5.30. The zero-order chi connectivity index (χ0) is 24.2. The van der Waals surface area contributed by atoms with E-state index in [1.807, 2.05) is 45.2 Å². The Hall–Kier alpha value is -3.40. The molecular weight excluding hydrogens is 452 g/mol. The second-order valence-electron chi connectivity index (χ2n) is 8.90. The third-order valence-corrected chi connectivity index (χ3v) is 6.99. The number of primary amides is 1. The number of aromatic amines is 1. The Balaban J connectivity index is 1.43. The molecule has 2 heterocycles. The molecule has 2 aromatic heterocycles. The normalized spacial score (nSPS) is 18.0. The predicted octanol–water partition coefficient (Wildman–Crippen LogP) is 4.84. The Morgan fingerprint density at radius 2 is 1.97 bits per heavy atom. The van der Waals surface area contributed by atoms with E-state index in [0.717, 1.165) is 52.5 Å². The number of carbonyl (C=O) groups is 2. The van der Waals surface area contributed by atoms with Gasteiger partial charge in [-0.15, -0.1) is 11.3 Å². The maximum Gasteiger partial charge on any atom is 0.407 e. The smallest absolute Gasteiger partial charge is 0.407 e. The van der Waals surface area contributed by atoms with Crippen LogP contribution >= 0.6 is 11.3 Å². The summed E-state index contributed by atoms with van der Waals surface area (Å²) in [7, 11) is 0. The van der Waals surface area contributed by atoms with Gasteiger partial charge in [-0.1, -0.05) is 6.07 Å². The summed E-state index contributed by atoms with van der Waals surface area (Å²) in [6.45, 7) is 5.59. The number of H-pyrrole nitrogens is 1. The lowest BCUT2D eigenvalue weighted by atomic mass is 9.86. The molecule has 1 fully saturated rings. The van der Waals surface area contributed by atoms with Gasteiger partial charge in [-0.25, -0.2) is 9.78 Å². The number of aryl methyl sites for hydroxylation is 1. The van der Waals surface area contributed by atoms with Crippen molar-refractivity contribution in [2.75, 3.05) is 5.32 Å². The molecule has 9 nitrogen and oxygen atoms in total. The summed E-state index contributed by atoms with van der Waals surface area (Å²) in [5, 5.41) is 14.2. The maximum atomic E-state index is 12.2. The number of benzene rings is 1. The Morgan fingerprint density at radius 1 is 1.21 bits per heavy atom. The number of anilines is 2. The van der Waals surface area contributed by atoms with Gasteiger partial charge in [0, 0.05) is 46.7 Å². The van der Waals surface area contributed by atoms with Crippen molar-refractivity contribution < 1.29 is 14.3 Å². The standard InChI is InChI=1S/C24H30N6O3S/c1-13(2)33-24(32)28-16-6-4-15(5-7-16)23-26-12-20(34-23)18-9-8-17(11-19(18)22(25)31)27-21-10-14(3)29-30-21/h8-13,15-16H,4-7H2,1-3H3,(H2,25,31)(H,28,32)(H2,27,29,30). The van der Waals surface area contributed by atoms with Crippen LogP contribution in [0.4, 0.5) is 16.3 Å². The maximum absolute atomic E-state index is 12.2. The molecule has 0 radical (unpaired) electrons. The molecule has 0 atom stereocenters. The number of ether oxygens (including phenoxy) is 1. The molecule has 10 heteroatoms. The van der Waals surface area contributed by atoms with Gasteiger partial charge in [0.2, 0.25) is 5.91 Å². The number of nitrogens with two attached hydrogens (primary N) is 1. The van der Waals surface area contributed by atoms with Crippen LogP contribution in [0, 0.1) is 6.92 Å². The minimum Gasteiger partial charge on any atom is -0.447 e. The molecule has 0 saturated heterocycles. The van der Waals surface area contributed by atoms with Crippen molar-refractivity contribution in [2.24, 2.45) is 5.73 Å². The van der Waals surface area contributed by atoms with Crippen LogP contribution in [0.1, 0.15) is 66.5 Å². The monoisotopic (exact) mass is 482 g/mol. The number of hydrogen-bond donors (Lipinski definition) is 4. The summed E-state index contributed by atoms with van der Waals surface area (Å²) in [5.41, 5.74) is 8.58. The first-order chi connectivity index (χ1) is 16.3. The molecule has 34 heavy (non-hydrogen) atoms. The fraction of sp³-hybridized carbons (Fsp3) is 0.417. The first-order valence-electron chi connectivity index (χ1n) is 11.4. The molecule has 0 aliphatic heterocycles.